The van der Waals surface area contributed by atoms with Crippen LogP contribution in [0.1, 0.15) is 31.9 Å². The molecule has 0 saturated carbocycles. The normalized spacial score (nSPS) is 12.2. The summed E-state index contributed by atoms with van der Waals surface area (Å²) in [5.74, 6) is -0.0759. The fourth-order valence-electron chi connectivity index (χ4n) is 4.39. The van der Waals surface area contributed by atoms with Crippen LogP contribution < -0.4 is 10.1 Å². The van der Waals surface area contributed by atoms with E-state index in [4.69, 9.17) is 27.9 Å². The third-order valence-electron chi connectivity index (χ3n) is 6.30. The highest BCUT2D eigenvalue weighted by Crippen LogP contribution is 2.33. The topological polar surface area (TPSA) is 58.6 Å². The quantitative estimate of drug-likeness (QED) is 0.203. The molecule has 4 aromatic rings. The third-order valence-corrected chi connectivity index (χ3v) is 7.71. The molecular formula is C32H31BrCl2N2O3. The maximum absolute atomic E-state index is 13.9. The van der Waals surface area contributed by atoms with Crippen molar-refractivity contribution in [2.24, 2.45) is 0 Å². The first-order chi connectivity index (χ1) is 19.0. The van der Waals surface area contributed by atoms with Crippen LogP contribution in [0.4, 0.5) is 0 Å². The molecule has 40 heavy (non-hydrogen) atoms. The largest absolute Gasteiger partial charge is 0.483 e. The van der Waals surface area contributed by atoms with E-state index in [-0.39, 0.29) is 25.0 Å². The first-order valence-electron chi connectivity index (χ1n) is 12.9. The van der Waals surface area contributed by atoms with Crippen LogP contribution in [0.2, 0.25) is 10.0 Å². The first-order valence-corrected chi connectivity index (χ1v) is 14.5. The fourth-order valence-corrected chi connectivity index (χ4v) is 5.46. The van der Waals surface area contributed by atoms with Crippen molar-refractivity contribution in [3.63, 3.8) is 0 Å². The van der Waals surface area contributed by atoms with E-state index >= 15 is 0 Å². The zero-order chi connectivity index (χ0) is 28.9. The minimum Gasteiger partial charge on any atom is -0.483 e. The number of nitrogens with one attached hydrogen (secondary N) is 1. The van der Waals surface area contributed by atoms with E-state index in [1.54, 1.807) is 18.2 Å². The van der Waals surface area contributed by atoms with E-state index in [1.807, 2.05) is 87.5 Å². The number of ether oxygens (including phenoxy) is 1. The molecule has 0 aliphatic heterocycles. The van der Waals surface area contributed by atoms with E-state index in [0.29, 0.717) is 27.8 Å². The number of hydrogen-bond acceptors (Lipinski definition) is 3. The predicted octanol–water partition coefficient (Wildman–Crippen LogP) is 7.84. The smallest absolute Gasteiger partial charge is 0.261 e. The second kappa shape index (κ2) is 13.1. The van der Waals surface area contributed by atoms with Gasteiger partial charge in [0.2, 0.25) is 5.91 Å². The Morgan fingerprint density at radius 3 is 2.35 bits per heavy atom. The lowest BCUT2D eigenvalue weighted by Crippen LogP contribution is -2.55. The van der Waals surface area contributed by atoms with Gasteiger partial charge in [-0.2, -0.15) is 0 Å². The molecule has 0 radical (unpaired) electrons. The Balaban J connectivity index is 1.68. The van der Waals surface area contributed by atoms with Gasteiger partial charge in [0, 0.05) is 28.5 Å². The number of hydrogen-bond donors (Lipinski definition) is 1. The molecule has 1 N–H and O–H groups in total. The molecule has 0 fully saturated rings. The minimum absolute atomic E-state index is 0.103. The van der Waals surface area contributed by atoms with Crippen molar-refractivity contribution in [1.29, 1.82) is 0 Å². The van der Waals surface area contributed by atoms with Crippen LogP contribution in [-0.4, -0.2) is 34.9 Å². The maximum Gasteiger partial charge on any atom is 0.261 e. The zero-order valence-electron chi connectivity index (χ0n) is 22.6. The number of nitrogens with zero attached hydrogens (tertiary/aromatic N) is 1. The van der Waals surface area contributed by atoms with Gasteiger partial charge in [0.15, 0.2) is 6.61 Å². The van der Waals surface area contributed by atoms with Crippen LogP contribution in [0.15, 0.2) is 89.4 Å². The highest BCUT2D eigenvalue weighted by Gasteiger charge is 2.33. The van der Waals surface area contributed by atoms with Crippen LogP contribution in [0.5, 0.6) is 5.75 Å². The summed E-state index contributed by atoms with van der Waals surface area (Å²) in [7, 11) is 0. The molecule has 1 atom stereocenters. The molecule has 0 spiro atoms. The molecule has 0 bridgehead atoms. The Hall–Kier alpha value is -3.06. The standard InChI is InChI=1S/C32H31BrCl2N2O3/c1-32(2,3)36-31(39)27(17-21-9-5-4-6-10-21)37(19-23-13-15-24(34)18-26(23)35)29(38)20-40-28-16-14-22-11-7-8-12-25(22)30(28)33/h4-16,18,27H,17,19-20H2,1-3H3,(H,36,39)/t27-/m0/s1. The Labute approximate surface area is 253 Å². The molecule has 0 aromatic heterocycles. The van der Waals surface area contributed by atoms with E-state index in [2.05, 4.69) is 21.2 Å². The van der Waals surface area contributed by atoms with Gasteiger partial charge in [0.05, 0.1) is 4.47 Å². The summed E-state index contributed by atoms with van der Waals surface area (Å²) >= 11 is 16.3. The molecule has 208 valence electrons. The summed E-state index contributed by atoms with van der Waals surface area (Å²) in [5.41, 5.74) is 1.10. The van der Waals surface area contributed by atoms with Crippen LogP contribution in [0, 0.1) is 0 Å². The molecule has 0 aliphatic carbocycles. The van der Waals surface area contributed by atoms with Crippen molar-refractivity contribution in [3.8, 4) is 5.75 Å². The number of amides is 2. The maximum atomic E-state index is 13.9. The summed E-state index contributed by atoms with van der Waals surface area (Å²) < 4.78 is 6.79. The minimum atomic E-state index is -0.815. The Morgan fingerprint density at radius 2 is 1.65 bits per heavy atom. The third kappa shape index (κ3) is 7.78. The van der Waals surface area contributed by atoms with Gasteiger partial charge in [0.1, 0.15) is 11.8 Å². The first kappa shape index (κ1) is 29.9. The van der Waals surface area contributed by atoms with Gasteiger partial charge in [-0.15, -0.1) is 0 Å². The molecule has 0 saturated heterocycles. The van der Waals surface area contributed by atoms with Gasteiger partial charge in [-0.3, -0.25) is 9.59 Å². The second-order valence-electron chi connectivity index (χ2n) is 10.6. The number of carbonyl (C=O) groups is 2. The number of benzene rings is 4. The number of fused-ring (bicyclic) bond motifs is 1. The Bertz CT molecular complexity index is 1510. The van der Waals surface area contributed by atoms with Gasteiger partial charge in [0.25, 0.3) is 5.91 Å². The van der Waals surface area contributed by atoms with Crippen molar-refractivity contribution in [3.05, 3.63) is 111 Å². The SMILES string of the molecule is CC(C)(C)NC(=O)[C@H](Cc1ccccc1)N(Cc1ccc(Cl)cc1Cl)C(=O)COc1ccc2ccccc2c1Br. The highest BCUT2D eigenvalue weighted by atomic mass is 79.9. The zero-order valence-corrected chi connectivity index (χ0v) is 25.7. The number of rotatable bonds is 9. The molecular weight excluding hydrogens is 611 g/mol. The summed E-state index contributed by atoms with van der Waals surface area (Å²) in [4.78, 5) is 29.2. The van der Waals surface area contributed by atoms with Crippen LogP contribution in [0.25, 0.3) is 10.8 Å². The van der Waals surface area contributed by atoms with Crippen molar-refractivity contribution >= 4 is 61.7 Å². The number of carbonyl (C=O) groups excluding carboxylic acids is 2. The van der Waals surface area contributed by atoms with Gasteiger partial charge in [-0.05, 0) is 76.8 Å². The van der Waals surface area contributed by atoms with E-state index in [0.717, 1.165) is 20.8 Å². The summed E-state index contributed by atoms with van der Waals surface area (Å²) in [6.45, 7) is 5.57. The van der Waals surface area contributed by atoms with Crippen molar-refractivity contribution < 1.29 is 14.3 Å². The lowest BCUT2D eigenvalue weighted by Gasteiger charge is -2.34. The number of halogens is 3. The van der Waals surface area contributed by atoms with Crippen LogP contribution in [0.3, 0.4) is 0 Å². The highest BCUT2D eigenvalue weighted by molar-refractivity contribution is 9.10. The molecule has 0 aliphatic rings. The Morgan fingerprint density at radius 1 is 0.950 bits per heavy atom. The van der Waals surface area contributed by atoms with Crippen molar-refractivity contribution in [2.75, 3.05) is 6.61 Å². The molecule has 2 amide bonds. The monoisotopic (exact) mass is 640 g/mol. The van der Waals surface area contributed by atoms with Gasteiger partial charge >= 0.3 is 0 Å². The van der Waals surface area contributed by atoms with Gasteiger partial charge in [-0.1, -0.05) is 89.9 Å². The average molecular weight is 642 g/mol. The van der Waals surface area contributed by atoms with Crippen molar-refractivity contribution in [1.82, 2.24) is 10.2 Å². The van der Waals surface area contributed by atoms with E-state index in [9.17, 15) is 9.59 Å². The average Bonchev–Trinajstić information content (AvgIpc) is 2.91. The van der Waals surface area contributed by atoms with Crippen LogP contribution >= 0.6 is 39.1 Å². The predicted molar refractivity (Wildman–Crippen MR) is 166 cm³/mol. The summed E-state index contributed by atoms with van der Waals surface area (Å²) in [6, 6.07) is 25.6. The van der Waals surface area contributed by atoms with Gasteiger partial charge < -0.3 is 15.0 Å². The van der Waals surface area contributed by atoms with E-state index in [1.165, 1.54) is 4.90 Å². The molecule has 4 rings (SSSR count). The second-order valence-corrected chi connectivity index (χ2v) is 12.2. The molecule has 8 heteroatoms. The van der Waals surface area contributed by atoms with Crippen molar-refractivity contribution in [2.45, 2.75) is 45.3 Å². The van der Waals surface area contributed by atoms with Gasteiger partial charge in [-0.25, -0.2) is 0 Å². The molecule has 4 aromatic carbocycles. The fraction of sp³-hybridized carbons (Fsp3) is 0.250. The van der Waals surface area contributed by atoms with E-state index < -0.39 is 11.6 Å². The lowest BCUT2D eigenvalue weighted by atomic mass is 10.0. The molecule has 5 nitrogen and oxygen atoms in total. The lowest BCUT2D eigenvalue weighted by molar-refractivity contribution is -0.143. The van der Waals surface area contributed by atoms with Crippen LogP contribution in [-0.2, 0) is 22.6 Å². The molecule has 0 unspecified atom stereocenters. The molecule has 0 heterocycles. The Kier molecular flexibility index (Phi) is 9.77. The summed E-state index contributed by atoms with van der Waals surface area (Å²) in [6.07, 6.45) is 0.319. The summed E-state index contributed by atoms with van der Waals surface area (Å²) in [5, 5.41) is 5.98.